The molecule has 0 unspecified atom stereocenters. The van der Waals surface area contributed by atoms with Gasteiger partial charge in [-0.15, -0.1) is 0 Å². The van der Waals surface area contributed by atoms with Crippen molar-refractivity contribution < 1.29 is 34.7 Å². The highest BCUT2D eigenvalue weighted by Crippen LogP contribution is 2.75. The lowest BCUT2D eigenvalue weighted by molar-refractivity contribution is -0.308. The van der Waals surface area contributed by atoms with Crippen molar-refractivity contribution in [3.63, 3.8) is 0 Å². The van der Waals surface area contributed by atoms with Crippen LogP contribution < -0.4 is 0 Å². The number of aliphatic hydroxyl groups is 3. The molecule has 4 fully saturated rings. The fourth-order valence-electron chi connectivity index (χ4n) is 11.7. The van der Waals surface area contributed by atoms with Gasteiger partial charge in [0.05, 0.1) is 18.1 Å². The number of aliphatic hydroxyl groups excluding tert-OH is 3. The van der Waals surface area contributed by atoms with Gasteiger partial charge in [0, 0.05) is 5.92 Å². The van der Waals surface area contributed by atoms with Gasteiger partial charge in [0.1, 0.15) is 18.3 Å². The van der Waals surface area contributed by atoms with Crippen molar-refractivity contribution >= 4 is 5.97 Å². The molecule has 0 bridgehead atoms. The molecule has 42 heavy (non-hydrogen) atoms. The first-order chi connectivity index (χ1) is 19.5. The molecule has 1 heterocycles. The number of aliphatic carboxylic acids is 1. The standard InChI is InChI=1S/C35H54O7/c1-19-10-15-35(30(39)40)17-16-33(6)21(26(35)20(19)2)8-9-24-32(5)13-12-25(31(3,4)23(32)11-14-34(24,33)7)42-29-28(38)27(37)22(36)18-41-29/h8,22-29,36-38H,9-18H2,1-7H3,(H,39,40)/t22-,23+,24-,25-,26-,27+,28+,29-,32-,33+,34+,35-/m0/s1. The molecule has 3 saturated carbocycles. The maximum Gasteiger partial charge on any atom is 0.310 e. The van der Waals surface area contributed by atoms with E-state index in [0.717, 1.165) is 57.8 Å². The summed E-state index contributed by atoms with van der Waals surface area (Å²) in [6.45, 7) is 16.5. The fraction of sp³-hybridized carbons (Fsp3) is 0.857. The molecule has 0 spiro atoms. The van der Waals surface area contributed by atoms with Gasteiger partial charge < -0.3 is 29.9 Å². The van der Waals surface area contributed by atoms with E-state index in [1.165, 1.54) is 16.7 Å². The second kappa shape index (κ2) is 9.87. The largest absolute Gasteiger partial charge is 0.481 e. The van der Waals surface area contributed by atoms with E-state index in [9.17, 15) is 25.2 Å². The number of ether oxygens (including phenoxy) is 2. The van der Waals surface area contributed by atoms with Gasteiger partial charge in [-0.25, -0.2) is 0 Å². The first kappa shape index (κ1) is 30.8. The van der Waals surface area contributed by atoms with Crippen molar-refractivity contribution in [2.45, 2.75) is 137 Å². The molecule has 236 valence electrons. The van der Waals surface area contributed by atoms with Crippen LogP contribution in [0, 0.1) is 44.8 Å². The van der Waals surface area contributed by atoms with Crippen LogP contribution in [0.3, 0.4) is 0 Å². The van der Waals surface area contributed by atoms with Crippen molar-refractivity contribution in [1.29, 1.82) is 0 Å². The van der Waals surface area contributed by atoms with Crippen LogP contribution in [0.4, 0.5) is 0 Å². The van der Waals surface area contributed by atoms with E-state index in [-0.39, 0.29) is 40.3 Å². The number of carboxylic acid groups (broad SMARTS) is 1. The van der Waals surface area contributed by atoms with E-state index in [2.05, 4.69) is 54.5 Å². The summed E-state index contributed by atoms with van der Waals surface area (Å²) in [5.74, 6) is 0.288. The Morgan fingerprint density at radius 3 is 2.33 bits per heavy atom. The summed E-state index contributed by atoms with van der Waals surface area (Å²) in [6, 6.07) is 0. The van der Waals surface area contributed by atoms with Crippen LogP contribution in [0.5, 0.6) is 0 Å². The Labute approximate surface area is 251 Å². The Morgan fingerprint density at radius 2 is 1.64 bits per heavy atom. The molecule has 0 amide bonds. The van der Waals surface area contributed by atoms with Crippen LogP contribution in [0.1, 0.15) is 106 Å². The lowest BCUT2D eigenvalue weighted by atomic mass is 9.34. The zero-order valence-electron chi connectivity index (χ0n) is 26.8. The molecule has 1 saturated heterocycles. The van der Waals surface area contributed by atoms with Crippen LogP contribution in [0.2, 0.25) is 0 Å². The third kappa shape index (κ3) is 3.92. The first-order valence-corrected chi connectivity index (χ1v) is 16.5. The Bertz CT molecular complexity index is 1190. The maximum absolute atomic E-state index is 12.9. The highest BCUT2D eigenvalue weighted by Gasteiger charge is 2.69. The minimum atomic E-state index is -1.28. The maximum atomic E-state index is 12.9. The van der Waals surface area contributed by atoms with E-state index >= 15 is 0 Å². The normalized spacial score (nSPS) is 51.9. The molecule has 0 aromatic carbocycles. The molecule has 0 radical (unpaired) electrons. The molecule has 6 rings (SSSR count). The molecular formula is C35H54O7. The van der Waals surface area contributed by atoms with Gasteiger partial charge in [-0.2, -0.15) is 0 Å². The van der Waals surface area contributed by atoms with E-state index in [4.69, 9.17) is 9.47 Å². The van der Waals surface area contributed by atoms with Gasteiger partial charge in [-0.3, -0.25) is 4.79 Å². The Balaban J connectivity index is 1.32. The van der Waals surface area contributed by atoms with Gasteiger partial charge in [-0.1, -0.05) is 57.4 Å². The molecule has 0 aromatic heterocycles. The highest BCUT2D eigenvalue weighted by molar-refractivity contribution is 5.78. The monoisotopic (exact) mass is 586 g/mol. The molecule has 7 heteroatoms. The third-order valence-electron chi connectivity index (χ3n) is 14.6. The summed E-state index contributed by atoms with van der Waals surface area (Å²) < 4.78 is 12.1. The molecule has 7 nitrogen and oxygen atoms in total. The summed E-state index contributed by atoms with van der Waals surface area (Å²) in [5, 5.41) is 41.3. The summed E-state index contributed by atoms with van der Waals surface area (Å²) >= 11 is 0. The zero-order chi connectivity index (χ0) is 30.6. The number of carboxylic acids is 1. The first-order valence-electron chi connectivity index (χ1n) is 16.5. The van der Waals surface area contributed by atoms with Gasteiger partial charge in [0.2, 0.25) is 0 Å². The van der Waals surface area contributed by atoms with Crippen LogP contribution in [-0.2, 0) is 14.3 Å². The van der Waals surface area contributed by atoms with E-state index in [1.54, 1.807) is 0 Å². The minimum absolute atomic E-state index is 0.00201. The van der Waals surface area contributed by atoms with Crippen LogP contribution in [0.25, 0.3) is 0 Å². The van der Waals surface area contributed by atoms with E-state index < -0.39 is 36.0 Å². The lowest BCUT2D eigenvalue weighted by Crippen LogP contribution is -2.65. The smallest absolute Gasteiger partial charge is 0.310 e. The van der Waals surface area contributed by atoms with Gasteiger partial charge in [-0.05, 0) is 105 Å². The molecule has 5 aliphatic carbocycles. The van der Waals surface area contributed by atoms with Crippen LogP contribution in [0.15, 0.2) is 22.8 Å². The topological polar surface area (TPSA) is 116 Å². The lowest BCUT2D eigenvalue weighted by Gasteiger charge is -2.71. The number of carbonyl (C=O) groups is 1. The summed E-state index contributed by atoms with van der Waals surface area (Å²) in [5.41, 5.74) is 3.36. The third-order valence-corrected chi connectivity index (χ3v) is 14.6. The Hall–Kier alpha value is -1.25. The number of hydrogen-bond acceptors (Lipinski definition) is 6. The number of hydrogen-bond donors (Lipinski definition) is 4. The zero-order valence-corrected chi connectivity index (χ0v) is 26.8. The molecule has 1 aliphatic heterocycles. The van der Waals surface area contributed by atoms with Crippen molar-refractivity contribution in [1.82, 2.24) is 0 Å². The highest BCUT2D eigenvalue weighted by atomic mass is 16.7. The van der Waals surface area contributed by atoms with Gasteiger partial charge in [0.25, 0.3) is 0 Å². The summed E-state index contributed by atoms with van der Waals surface area (Å²) in [7, 11) is 0. The van der Waals surface area contributed by atoms with Crippen LogP contribution >= 0.6 is 0 Å². The molecule has 0 aromatic rings. The average molecular weight is 587 g/mol. The predicted octanol–water partition coefficient (Wildman–Crippen LogP) is 5.62. The molecule has 4 N–H and O–H groups in total. The number of rotatable bonds is 3. The van der Waals surface area contributed by atoms with Gasteiger partial charge in [0.15, 0.2) is 6.29 Å². The summed E-state index contributed by atoms with van der Waals surface area (Å²) in [4.78, 5) is 12.9. The van der Waals surface area contributed by atoms with Crippen LogP contribution in [-0.4, -0.2) is 63.7 Å². The Morgan fingerprint density at radius 1 is 0.929 bits per heavy atom. The summed E-state index contributed by atoms with van der Waals surface area (Å²) in [6.07, 6.45) is 6.10. The Kier molecular flexibility index (Phi) is 7.23. The second-order valence-corrected chi connectivity index (χ2v) is 16.4. The van der Waals surface area contributed by atoms with Crippen molar-refractivity contribution in [3.8, 4) is 0 Å². The average Bonchev–Trinajstić information content (AvgIpc) is 2.92. The fourth-order valence-corrected chi connectivity index (χ4v) is 11.7. The molecular weight excluding hydrogens is 532 g/mol. The van der Waals surface area contributed by atoms with E-state index in [0.29, 0.717) is 11.8 Å². The SMILES string of the molecule is CC1=C(C)[C@H]2C3=CC[C@H]4[C@@]5(C)CC[C@H](O[C@@H]6OC[C@H](O)[C@@H](O)[C@H]6O)C(C)(C)[C@H]5CC[C@@]4(C)[C@]3(C)CC[C@@]2(C(=O)O)CC1. The molecule has 6 aliphatic rings. The van der Waals surface area contributed by atoms with Crippen molar-refractivity contribution in [2.75, 3.05) is 6.61 Å². The second-order valence-electron chi connectivity index (χ2n) is 16.4. The minimum Gasteiger partial charge on any atom is -0.481 e. The van der Waals surface area contributed by atoms with Crippen molar-refractivity contribution in [3.05, 3.63) is 22.8 Å². The van der Waals surface area contributed by atoms with Crippen molar-refractivity contribution in [2.24, 2.45) is 44.8 Å². The molecule has 12 atom stereocenters. The quantitative estimate of drug-likeness (QED) is 0.251. The van der Waals surface area contributed by atoms with E-state index in [1.807, 2.05) is 0 Å². The predicted molar refractivity (Wildman–Crippen MR) is 159 cm³/mol. The number of allylic oxidation sites excluding steroid dienone is 4. The van der Waals surface area contributed by atoms with Gasteiger partial charge >= 0.3 is 5.97 Å². The number of fused-ring (bicyclic) bond motifs is 7.